The second-order valence-corrected chi connectivity index (χ2v) is 5.46. The third-order valence-electron chi connectivity index (χ3n) is 4.67. The Labute approximate surface area is 100 Å². The Morgan fingerprint density at radius 2 is 2.00 bits per heavy atom. The van der Waals surface area contributed by atoms with Crippen molar-refractivity contribution in [2.24, 2.45) is 18.9 Å². The average molecular weight is 228 g/mol. The Hall–Kier alpha value is -1.35. The van der Waals surface area contributed by atoms with Crippen LogP contribution in [0.4, 0.5) is 0 Å². The summed E-state index contributed by atoms with van der Waals surface area (Å²) in [5.41, 5.74) is 1.39. The Balaban J connectivity index is 1.92. The van der Waals surface area contributed by atoms with Crippen LogP contribution in [0.1, 0.15) is 25.0 Å². The van der Waals surface area contributed by atoms with E-state index in [2.05, 4.69) is 17.2 Å². The molecule has 0 radical (unpaired) electrons. The molecule has 1 heterocycles. The van der Waals surface area contributed by atoms with Crippen molar-refractivity contribution in [1.29, 1.82) is 0 Å². The van der Waals surface area contributed by atoms with Gasteiger partial charge in [0.15, 0.2) is 0 Å². The summed E-state index contributed by atoms with van der Waals surface area (Å²) in [6.07, 6.45) is 3.58. The summed E-state index contributed by atoms with van der Waals surface area (Å²) in [6, 6.07) is 8.18. The van der Waals surface area contributed by atoms with Gasteiger partial charge in [0.1, 0.15) is 11.3 Å². The smallest absolute Gasteiger partial charge is 0.115 e. The summed E-state index contributed by atoms with van der Waals surface area (Å²) in [5.74, 6) is 0.918. The van der Waals surface area contributed by atoms with Crippen LogP contribution in [0.5, 0.6) is 0 Å². The second kappa shape index (κ2) is 2.91. The molecule has 4 rings (SSSR count). The van der Waals surface area contributed by atoms with Gasteiger partial charge in [0.2, 0.25) is 0 Å². The average Bonchev–Trinajstić information content (AvgIpc) is 2.79. The molecule has 2 saturated carbocycles. The van der Waals surface area contributed by atoms with E-state index in [1.54, 1.807) is 0 Å². The number of fused-ring (bicyclic) bond motifs is 2. The van der Waals surface area contributed by atoms with Crippen LogP contribution < -0.4 is 0 Å². The van der Waals surface area contributed by atoms with Gasteiger partial charge in [-0.25, -0.2) is 0 Å². The first kappa shape index (κ1) is 9.66. The van der Waals surface area contributed by atoms with Crippen LogP contribution in [-0.2, 0) is 12.6 Å². The van der Waals surface area contributed by atoms with Crippen LogP contribution >= 0.6 is 0 Å². The molecular formula is C14H16N2O. The van der Waals surface area contributed by atoms with Gasteiger partial charge in [-0.15, -0.1) is 0 Å². The largest absolute Gasteiger partial charge is 0.383 e. The number of hydrogen-bond donors (Lipinski definition) is 1. The number of aromatic nitrogens is 2. The summed E-state index contributed by atoms with van der Waals surface area (Å²) in [5, 5.41) is 16.5. The fraction of sp³-hybridized carbons (Fsp3) is 0.500. The molecule has 2 fully saturated rings. The number of rotatable bonds is 1. The van der Waals surface area contributed by atoms with Crippen molar-refractivity contribution >= 4 is 10.9 Å². The Kier molecular flexibility index (Phi) is 1.65. The van der Waals surface area contributed by atoms with Gasteiger partial charge in [0.25, 0.3) is 0 Å². The first-order valence-corrected chi connectivity index (χ1v) is 6.37. The van der Waals surface area contributed by atoms with Gasteiger partial charge >= 0.3 is 0 Å². The molecule has 17 heavy (non-hydrogen) atoms. The molecule has 0 saturated heterocycles. The van der Waals surface area contributed by atoms with Crippen molar-refractivity contribution < 1.29 is 5.11 Å². The number of hydrogen-bond acceptors (Lipinski definition) is 2. The summed E-state index contributed by atoms with van der Waals surface area (Å²) < 4.78 is 1.89. The topological polar surface area (TPSA) is 38.0 Å². The van der Waals surface area contributed by atoms with Gasteiger partial charge in [-0.05, 0) is 30.7 Å². The molecule has 0 bridgehead atoms. The molecule has 2 aromatic rings. The molecule has 2 aliphatic rings. The van der Waals surface area contributed by atoms with Crippen LogP contribution in [0.2, 0.25) is 0 Å². The van der Waals surface area contributed by atoms with Crippen LogP contribution in [0.25, 0.3) is 10.9 Å². The first-order chi connectivity index (χ1) is 8.23. The molecule has 1 aromatic carbocycles. The Bertz CT molecular complexity index is 591. The lowest BCUT2D eigenvalue weighted by Crippen LogP contribution is -2.14. The Morgan fingerprint density at radius 1 is 1.29 bits per heavy atom. The quantitative estimate of drug-likeness (QED) is 0.812. The van der Waals surface area contributed by atoms with Gasteiger partial charge in [0.05, 0.1) is 5.52 Å². The number of nitrogens with zero attached hydrogens (tertiary/aromatic N) is 2. The van der Waals surface area contributed by atoms with Crippen molar-refractivity contribution in [1.82, 2.24) is 9.78 Å². The van der Waals surface area contributed by atoms with E-state index in [1.807, 2.05) is 23.9 Å². The van der Waals surface area contributed by atoms with Crippen molar-refractivity contribution in [2.45, 2.75) is 24.9 Å². The molecule has 2 aliphatic carbocycles. The lowest BCUT2D eigenvalue weighted by Gasteiger charge is -2.11. The zero-order chi connectivity index (χ0) is 11.6. The second-order valence-electron chi connectivity index (χ2n) is 5.46. The predicted molar refractivity (Wildman–Crippen MR) is 65.4 cm³/mol. The predicted octanol–water partition coefficient (Wildman–Crippen LogP) is 2.19. The summed E-state index contributed by atoms with van der Waals surface area (Å²) in [7, 11) is 1.95. The molecule has 2 unspecified atom stereocenters. The van der Waals surface area contributed by atoms with Gasteiger partial charge in [-0.1, -0.05) is 24.6 Å². The van der Waals surface area contributed by atoms with Crippen LogP contribution in [0.15, 0.2) is 24.3 Å². The Morgan fingerprint density at radius 3 is 2.76 bits per heavy atom. The number of aliphatic hydroxyl groups is 1. The number of para-hydroxylation sites is 1. The van der Waals surface area contributed by atoms with Crippen LogP contribution in [-0.4, -0.2) is 14.9 Å². The van der Waals surface area contributed by atoms with Gasteiger partial charge < -0.3 is 5.11 Å². The summed E-state index contributed by atoms with van der Waals surface area (Å²) in [4.78, 5) is 0. The van der Waals surface area contributed by atoms with Crippen molar-refractivity contribution in [3.63, 3.8) is 0 Å². The lowest BCUT2D eigenvalue weighted by molar-refractivity contribution is 0.101. The van der Waals surface area contributed by atoms with Gasteiger partial charge in [-0.2, -0.15) is 5.10 Å². The van der Waals surface area contributed by atoms with E-state index in [0.717, 1.165) is 29.4 Å². The molecule has 1 aromatic heterocycles. The maximum Gasteiger partial charge on any atom is 0.115 e. The zero-order valence-corrected chi connectivity index (χ0v) is 9.93. The lowest BCUT2D eigenvalue weighted by atomic mass is 10.0. The van der Waals surface area contributed by atoms with E-state index < -0.39 is 5.60 Å². The zero-order valence-electron chi connectivity index (χ0n) is 9.93. The molecule has 0 aliphatic heterocycles. The summed E-state index contributed by atoms with van der Waals surface area (Å²) >= 11 is 0. The minimum Gasteiger partial charge on any atom is -0.383 e. The third-order valence-corrected chi connectivity index (χ3v) is 4.67. The minimum atomic E-state index is -0.626. The van der Waals surface area contributed by atoms with Gasteiger partial charge in [0, 0.05) is 12.4 Å². The molecular weight excluding hydrogens is 212 g/mol. The maximum absolute atomic E-state index is 10.8. The molecule has 0 spiro atoms. The number of benzene rings is 1. The van der Waals surface area contributed by atoms with E-state index in [4.69, 9.17) is 0 Å². The monoisotopic (exact) mass is 228 g/mol. The number of aryl methyl sites for hydroxylation is 1. The van der Waals surface area contributed by atoms with Crippen molar-refractivity contribution in [2.75, 3.05) is 0 Å². The van der Waals surface area contributed by atoms with E-state index >= 15 is 0 Å². The molecule has 88 valence electrons. The summed E-state index contributed by atoms with van der Waals surface area (Å²) in [6.45, 7) is 0. The molecule has 2 atom stereocenters. The minimum absolute atomic E-state index is 0.459. The third kappa shape index (κ3) is 1.03. The van der Waals surface area contributed by atoms with Crippen molar-refractivity contribution in [3.8, 4) is 0 Å². The molecule has 1 N–H and O–H groups in total. The fourth-order valence-corrected chi connectivity index (χ4v) is 3.78. The first-order valence-electron chi connectivity index (χ1n) is 6.37. The highest BCUT2D eigenvalue weighted by molar-refractivity contribution is 5.83. The fourth-order valence-electron chi connectivity index (χ4n) is 3.78. The highest BCUT2D eigenvalue weighted by atomic mass is 16.3. The molecule has 3 heteroatoms. The normalized spacial score (nSPS) is 35.2. The highest BCUT2D eigenvalue weighted by Crippen LogP contribution is 2.66. The molecule has 3 nitrogen and oxygen atoms in total. The van der Waals surface area contributed by atoms with E-state index in [-0.39, 0.29) is 0 Å². The molecule has 0 amide bonds. The highest BCUT2D eigenvalue weighted by Gasteiger charge is 2.68. The van der Waals surface area contributed by atoms with Gasteiger partial charge in [-0.3, -0.25) is 4.68 Å². The SMILES string of the molecule is Cn1nc(C2(O)C3CCCC32)c2ccccc21. The van der Waals surface area contributed by atoms with Crippen LogP contribution in [0, 0.1) is 11.8 Å². The van der Waals surface area contributed by atoms with E-state index in [1.165, 1.54) is 6.42 Å². The van der Waals surface area contributed by atoms with Crippen molar-refractivity contribution in [3.05, 3.63) is 30.0 Å². The van der Waals surface area contributed by atoms with E-state index in [0.29, 0.717) is 11.8 Å². The standard InChI is InChI=1S/C14H16N2O/c1-16-12-8-3-2-5-9(12)13(15-16)14(17)10-6-4-7-11(10)14/h2-3,5,8,10-11,17H,4,6-7H2,1H3. The van der Waals surface area contributed by atoms with Crippen LogP contribution in [0.3, 0.4) is 0 Å². The maximum atomic E-state index is 10.8. The van der Waals surface area contributed by atoms with E-state index in [9.17, 15) is 5.11 Å².